The van der Waals surface area contributed by atoms with Crippen LogP contribution in [-0.4, -0.2) is 75.1 Å². The van der Waals surface area contributed by atoms with Gasteiger partial charge in [-0.25, -0.2) is 14.5 Å². The van der Waals surface area contributed by atoms with Crippen LogP contribution in [0.1, 0.15) is 41.0 Å². The van der Waals surface area contributed by atoms with Crippen molar-refractivity contribution < 1.29 is 38.9 Å². The van der Waals surface area contributed by atoms with Crippen LogP contribution < -0.4 is 0 Å². The van der Waals surface area contributed by atoms with Crippen molar-refractivity contribution in [3.05, 3.63) is 0 Å². The zero-order chi connectivity index (χ0) is 22.0. The number of carboxylic acids is 2. The number of ether oxygens (including phenoxy) is 1. The zero-order valence-electron chi connectivity index (χ0n) is 17.0. The number of rotatable bonds is 7. The number of urea groups is 1. The van der Waals surface area contributed by atoms with Gasteiger partial charge in [0, 0.05) is 7.05 Å². The molecule has 2 N–H and O–H groups in total. The number of carbonyl (C=O) groups is 5. The lowest BCUT2D eigenvalue weighted by molar-refractivity contribution is -0.165. The van der Waals surface area contributed by atoms with Crippen molar-refractivity contribution in [2.45, 2.75) is 52.7 Å². The fourth-order valence-corrected chi connectivity index (χ4v) is 3.05. The van der Waals surface area contributed by atoms with Gasteiger partial charge in [0.25, 0.3) is 0 Å². The first-order chi connectivity index (χ1) is 12.7. The van der Waals surface area contributed by atoms with Gasteiger partial charge in [0.2, 0.25) is 5.91 Å². The largest absolute Gasteiger partial charge is 0.481 e. The molecule has 1 aliphatic rings. The smallest absolute Gasteiger partial charge is 0.331 e. The number of nitrogens with zero attached hydrogens (tertiary/aromatic N) is 2. The van der Waals surface area contributed by atoms with E-state index in [-0.39, 0.29) is 18.9 Å². The number of hydrogen-bond acceptors (Lipinski definition) is 6. The molecule has 0 saturated carbocycles. The molecule has 1 aliphatic heterocycles. The van der Waals surface area contributed by atoms with Crippen molar-refractivity contribution in [2.75, 3.05) is 13.6 Å². The third kappa shape index (κ3) is 5.43. The average Bonchev–Trinajstić information content (AvgIpc) is 2.79. The molecule has 0 spiro atoms. The second-order valence-electron chi connectivity index (χ2n) is 8.31. The lowest BCUT2D eigenvalue weighted by Crippen LogP contribution is -2.51. The summed E-state index contributed by atoms with van der Waals surface area (Å²) in [6, 6.07) is -2.08. The lowest BCUT2D eigenvalue weighted by Gasteiger charge is -2.29. The van der Waals surface area contributed by atoms with Crippen LogP contribution in [0.5, 0.6) is 0 Å². The topological polar surface area (TPSA) is 142 Å². The Labute approximate surface area is 163 Å². The number of amides is 3. The van der Waals surface area contributed by atoms with E-state index >= 15 is 0 Å². The molecular weight excluding hydrogens is 372 g/mol. The Balaban J connectivity index is 3.32. The molecule has 3 amide bonds. The second-order valence-corrected chi connectivity index (χ2v) is 8.31. The molecule has 10 heteroatoms. The molecule has 158 valence electrons. The lowest BCUT2D eigenvalue weighted by atomic mass is 9.84. The maximum absolute atomic E-state index is 13.1. The molecule has 0 aliphatic carbocycles. The average molecular weight is 400 g/mol. The molecule has 1 heterocycles. The molecule has 0 unspecified atom stereocenters. The molecule has 0 bridgehead atoms. The molecule has 10 nitrogen and oxygen atoms in total. The third-order valence-electron chi connectivity index (χ3n) is 4.18. The summed E-state index contributed by atoms with van der Waals surface area (Å²) in [5.41, 5.74) is -0.863. The van der Waals surface area contributed by atoms with E-state index in [1.807, 2.05) is 0 Å². The fourth-order valence-electron chi connectivity index (χ4n) is 3.05. The predicted molar refractivity (Wildman–Crippen MR) is 96.2 cm³/mol. The number of esters is 1. The van der Waals surface area contributed by atoms with Gasteiger partial charge in [-0.15, -0.1) is 0 Å². The highest BCUT2D eigenvalue weighted by molar-refractivity contribution is 6.05. The molecular formula is C18H28N2O8. The van der Waals surface area contributed by atoms with Gasteiger partial charge in [-0.05, 0) is 33.1 Å². The normalized spacial score (nSPS) is 18.6. The first-order valence-corrected chi connectivity index (χ1v) is 8.94. The minimum Gasteiger partial charge on any atom is -0.481 e. The van der Waals surface area contributed by atoms with Crippen molar-refractivity contribution in [3.63, 3.8) is 0 Å². The summed E-state index contributed by atoms with van der Waals surface area (Å²) in [7, 11) is 1.39. The summed E-state index contributed by atoms with van der Waals surface area (Å²) in [5.74, 6) is -8.94. The Kier molecular flexibility index (Phi) is 7.16. The Morgan fingerprint density at radius 1 is 1.14 bits per heavy atom. The van der Waals surface area contributed by atoms with Gasteiger partial charge in [0.1, 0.15) is 5.60 Å². The SMILES string of the molecule is CC(C)C[C@@H](C(=O)N1C(=O)N(C)C[C@H]1C(=O)OC(C)(C)C)C(C(=O)O)C(=O)O. The van der Waals surface area contributed by atoms with Crippen molar-refractivity contribution in [2.24, 2.45) is 17.8 Å². The Morgan fingerprint density at radius 3 is 2.04 bits per heavy atom. The zero-order valence-corrected chi connectivity index (χ0v) is 17.0. The number of likely N-dealkylation sites (N-methyl/N-ethyl adjacent to an activating group) is 1. The monoisotopic (exact) mass is 400 g/mol. The second kappa shape index (κ2) is 8.57. The highest BCUT2D eigenvalue weighted by Gasteiger charge is 2.50. The molecule has 28 heavy (non-hydrogen) atoms. The van der Waals surface area contributed by atoms with Crippen LogP contribution in [0.25, 0.3) is 0 Å². The van der Waals surface area contributed by atoms with Crippen molar-refractivity contribution in [1.82, 2.24) is 9.80 Å². The van der Waals surface area contributed by atoms with E-state index in [1.54, 1.807) is 34.6 Å². The van der Waals surface area contributed by atoms with Gasteiger partial charge in [0.15, 0.2) is 12.0 Å². The molecule has 1 rings (SSSR count). The number of imide groups is 1. The number of aliphatic carboxylic acids is 2. The van der Waals surface area contributed by atoms with Crippen LogP contribution in [0.15, 0.2) is 0 Å². The summed E-state index contributed by atoms with van der Waals surface area (Å²) in [5, 5.41) is 18.7. The molecule has 2 atom stereocenters. The van der Waals surface area contributed by atoms with Gasteiger partial charge < -0.3 is 19.8 Å². The van der Waals surface area contributed by atoms with Gasteiger partial charge in [0.05, 0.1) is 12.5 Å². The van der Waals surface area contributed by atoms with Crippen molar-refractivity contribution in [1.29, 1.82) is 0 Å². The molecule has 0 radical (unpaired) electrons. The highest BCUT2D eigenvalue weighted by Crippen LogP contribution is 2.28. The molecule has 1 fully saturated rings. The van der Waals surface area contributed by atoms with Crippen LogP contribution in [0.2, 0.25) is 0 Å². The van der Waals surface area contributed by atoms with E-state index in [4.69, 9.17) is 4.74 Å². The van der Waals surface area contributed by atoms with Gasteiger partial charge in [-0.1, -0.05) is 13.8 Å². The van der Waals surface area contributed by atoms with Gasteiger partial charge >= 0.3 is 23.9 Å². The summed E-state index contributed by atoms with van der Waals surface area (Å²) in [6.45, 7) is 8.16. The fraction of sp³-hybridized carbons (Fsp3) is 0.722. The van der Waals surface area contributed by atoms with Gasteiger partial charge in [-0.3, -0.25) is 14.4 Å². The summed E-state index contributed by atoms with van der Waals surface area (Å²) >= 11 is 0. The number of carboxylic acid groups (broad SMARTS) is 2. The van der Waals surface area contributed by atoms with Crippen LogP contribution in [0.4, 0.5) is 4.79 Å². The van der Waals surface area contributed by atoms with Crippen LogP contribution in [0.3, 0.4) is 0 Å². The van der Waals surface area contributed by atoms with E-state index < -0.39 is 53.3 Å². The molecule has 0 aromatic rings. The summed E-state index contributed by atoms with van der Waals surface area (Å²) in [4.78, 5) is 62.9. The molecule has 0 aromatic carbocycles. The van der Waals surface area contributed by atoms with E-state index in [9.17, 15) is 34.2 Å². The highest BCUT2D eigenvalue weighted by atomic mass is 16.6. The summed E-state index contributed by atoms with van der Waals surface area (Å²) < 4.78 is 5.27. The van der Waals surface area contributed by atoms with E-state index in [0.29, 0.717) is 4.90 Å². The van der Waals surface area contributed by atoms with Crippen LogP contribution in [-0.2, 0) is 23.9 Å². The Bertz CT molecular complexity index is 653. The first kappa shape index (κ1) is 23.4. The Hall–Kier alpha value is -2.65. The first-order valence-electron chi connectivity index (χ1n) is 8.94. The quantitative estimate of drug-likeness (QED) is 0.477. The summed E-state index contributed by atoms with van der Waals surface area (Å²) in [6.07, 6.45) is -0.0728. The van der Waals surface area contributed by atoms with Crippen molar-refractivity contribution >= 4 is 29.8 Å². The minimum atomic E-state index is -2.03. The molecule has 0 aromatic heterocycles. The van der Waals surface area contributed by atoms with Crippen molar-refractivity contribution in [3.8, 4) is 0 Å². The maximum Gasteiger partial charge on any atom is 0.331 e. The Morgan fingerprint density at radius 2 is 1.64 bits per heavy atom. The third-order valence-corrected chi connectivity index (χ3v) is 4.18. The maximum atomic E-state index is 13.1. The predicted octanol–water partition coefficient (Wildman–Crippen LogP) is 1.04. The molecule has 1 saturated heterocycles. The standard InChI is InChI=1S/C18H28N2O8/c1-9(2)7-10(12(14(22)23)15(24)25)13(21)20-11(8-19(6)17(20)27)16(26)28-18(3,4)5/h9-12H,7-8H2,1-6H3,(H,22,23)(H,24,25)/t10-,11+/m1/s1. The number of carbonyl (C=O) groups excluding carboxylic acids is 3. The van der Waals surface area contributed by atoms with E-state index in [0.717, 1.165) is 4.90 Å². The van der Waals surface area contributed by atoms with E-state index in [2.05, 4.69) is 0 Å². The van der Waals surface area contributed by atoms with Gasteiger partial charge in [-0.2, -0.15) is 0 Å². The minimum absolute atomic E-state index is 0.0728. The van der Waals surface area contributed by atoms with Crippen LogP contribution >= 0.6 is 0 Å². The van der Waals surface area contributed by atoms with Crippen LogP contribution in [0, 0.1) is 17.8 Å². The number of hydrogen-bond donors (Lipinski definition) is 2. The van der Waals surface area contributed by atoms with E-state index in [1.165, 1.54) is 7.05 Å².